The summed E-state index contributed by atoms with van der Waals surface area (Å²) in [5.41, 5.74) is 3.55. The van der Waals surface area contributed by atoms with E-state index >= 15 is 0 Å². The van der Waals surface area contributed by atoms with Gasteiger partial charge in [-0.05, 0) is 42.8 Å². The molecule has 3 rings (SSSR count). The van der Waals surface area contributed by atoms with Gasteiger partial charge in [0.2, 0.25) is 0 Å². The topological polar surface area (TPSA) is 39.9 Å². The number of nitrogens with zero attached hydrogens (tertiary/aromatic N) is 3. The van der Waals surface area contributed by atoms with Crippen LogP contribution in [-0.4, -0.2) is 11.5 Å². The molecule has 0 fully saturated rings. The quantitative estimate of drug-likeness (QED) is 0.803. The first-order valence-corrected chi connectivity index (χ1v) is 7.74. The molecule has 20 heavy (non-hydrogen) atoms. The van der Waals surface area contributed by atoms with Crippen LogP contribution in [0.4, 0.5) is 5.82 Å². The second-order valence-electron chi connectivity index (χ2n) is 4.99. The zero-order valence-corrected chi connectivity index (χ0v) is 13.0. The summed E-state index contributed by atoms with van der Waals surface area (Å²) in [6.07, 6.45) is 1.01. The second kappa shape index (κ2) is 5.08. The Labute approximate surface area is 127 Å². The summed E-state index contributed by atoms with van der Waals surface area (Å²) in [5.74, 6) is 0.767. The van der Waals surface area contributed by atoms with E-state index in [0.29, 0.717) is 10.6 Å². The minimum atomic E-state index is 0.596. The summed E-state index contributed by atoms with van der Waals surface area (Å²) < 4.78 is 0. The molecular formula is C15H14ClN3S. The summed E-state index contributed by atoms with van der Waals surface area (Å²) >= 11 is 8.01. The summed E-state index contributed by atoms with van der Waals surface area (Å²) in [4.78, 5) is 8.19. The van der Waals surface area contributed by atoms with E-state index in [1.165, 1.54) is 10.4 Å². The molecule has 0 aliphatic carbocycles. The Morgan fingerprint density at radius 2 is 2.25 bits per heavy atom. The third-order valence-electron chi connectivity index (χ3n) is 3.74. The van der Waals surface area contributed by atoms with Gasteiger partial charge in [-0.25, -0.2) is 4.98 Å². The van der Waals surface area contributed by atoms with Crippen molar-refractivity contribution in [2.45, 2.75) is 26.8 Å². The van der Waals surface area contributed by atoms with Gasteiger partial charge in [-0.1, -0.05) is 11.6 Å². The smallest absolute Gasteiger partial charge is 0.147 e. The molecule has 2 aromatic heterocycles. The molecule has 0 aromatic carbocycles. The van der Waals surface area contributed by atoms with E-state index < -0.39 is 0 Å². The zero-order chi connectivity index (χ0) is 14.3. The summed E-state index contributed by atoms with van der Waals surface area (Å²) in [6, 6.07) is 4.42. The molecule has 0 saturated carbocycles. The van der Waals surface area contributed by atoms with E-state index in [0.717, 1.165) is 36.6 Å². The first-order valence-electron chi connectivity index (χ1n) is 6.48. The Morgan fingerprint density at radius 3 is 3.00 bits per heavy atom. The molecular weight excluding hydrogens is 290 g/mol. The number of anilines is 1. The molecule has 0 radical (unpaired) electrons. The third-order valence-corrected chi connectivity index (χ3v) is 5.32. The Kier molecular flexibility index (Phi) is 3.41. The molecule has 0 spiro atoms. The highest BCUT2D eigenvalue weighted by Gasteiger charge is 2.23. The molecule has 0 N–H and O–H groups in total. The number of nitriles is 1. The molecule has 0 amide bonds. The molecule has 0 saturated heterocycles. The molecule has 2 aromatic rings. The normalized spacial score (nSPS) is 14.0. The lowest BCUT2D eigenvalue weighted by molar-refractivity contribution is 0.728. The van der Waals surface area contributed by atoms with Crippen LogP contribution in [0, 0.1) is 25.2 Å². The molecule has 0 bridgehead atoms. The summed E-state index contributed by atoms with van der Waals surface area (Å²) in [7, 11) is 0. The molecule has 3 heterocycles. The first kappa shape index (κ1) is 13.4. The number of hydrogen-bond acceptors (Lipinski definition) is 4. The fourth-order valence-electron chi connectivity index (χ4n) is 2.60. The van der Waals surface area contributed by atoms with E-state index in [2.05, 4.69) is 27.4 Å². The maximum absolute atomic E-state index is 9.43. The molecule has 102 valence electrons. The van der Waals surface area contributed by atoms with Crippen LogP contribution in [0.25, 0.3) is 0 Å². The molecule has 0 unspecified atom stereocenters. The van der Waals surface area contributed by atoms with Gasteiger partial charge in [0, 0.05) is 18.0 Å². The lowest BCUT2D eigenvalue weighted by Gasteiger charge is -2.29. The number of aromatic nitrogens is 1. The second-order valence-corrected chi connectivity index (χ2v) is 6.37. The number of pyridine rings is 1. The van der Waals surface area contributed by atoms with Crippen molar-refractivity contribution < 1.29 is 0 Å². The third kappa shape index (κ3) is 2.07. The van der Waals surface area contributed by atoms with Crippen molar-refractivity contribution in [2.24, 2.45) is 0 Å². The van der Waals surface area contributed by atoms with Crippen molar-refractivity contribution in [3.8, 4) is 6.07 Å². The molecule has 1 aliphatic heterocycles. The van der Waals surface area contributed by atoms with Gasteiger partial charge < -0.3 is 4.90 Å². The monoisotopic (exact) mass is 303 g/mol. The SMILES string of the molecule is Cc1nc(N2CCc3sccc3C2)c(C#N)c(C)c1Cl. The lowest BCUT2D eigenvalue weighted by Crippen LogP contribution is -2.31. The Balaban J connectivity index is 2.06. The van der Waals surface area contributed by atoms with Crippen molar-refractivity contribution in [2.75, 3.05) is 11.4 Å². The summed E-state index contributed by atoms with van der Waals surface area (Å²) in [5, 5.41) is 12.2. The van der Waals surface area contributed by atoms with Gasteiger partial charge in [-0.3, -0.25) is 0 Å². The zero-order valence-electron chi connectivity index (χ0n) is 11.4. The van der Waals surface area contributed by atoms with Crippen LogP contribution in [0.15, 0.2) is 11.4 Å². The molecule has 5 heteroatoms. The standard InChI is InChI=1S/C15H14ClN3S/c1-9-12(7-17)15(18-10(2)14(9)16)19-5-3-13-11(8-19)4-6-20-13/h4,6H,3,5,8H2,1-2H3. The molecule has 3 nitrogen and oxygen atoms in total. The van der Waals surface area contributed by atoms with Crippen molar-refractivity contribution in [3.63, 3.8) is 0 Å². The number of halogens is 1. The minimum Gasteiger partial charge on any atom is -0.351 e. The number of fused-ring (bicyclic) bond motifs is 1. The van der Waals surface area contributed by atoms with E-state index in [1.807, 2.05) is 25.2 Å². The highest BCUT2D eigenvalue weighted by atomic mass is 35.5. The van der Waals surface area contributed by atoms with E-state index in [1.54, 1.807) is 0 Å². The fourth-order valence-corrected chi connectivity index (χ4v) is 3.63. The predicted octanol–water partition coefficient (Wildman–Crippen LogP) is 3.85. The van der Waals surface area contributed by atoms with Crippen LogP contribution in [0.2, 0.25) is 5.02 Å². The average Bonchev–Trinajstić information content (AvgIpc) is 2.91. The summed E-state index contributed by atoms with van der Waals surface area (Å²) in [6.45, 7) is 5.50. The van der Waals surface area contributed by atoms with Gasteiger partial charge in [0.1, 0.15) is 11.9 Å². The molecule has 1 aliphatic rings. The highest BCUT2D eigenvalue weighted by Crippen LogP contribution is 2.32. The van der Waals surface area contributed by atoms with Crippen molar-refractivity contribution >= 4 is 28.8 Å². The van der Waals surface area contributed by atoms with Crippen LogP contribution in [0.1, 0.15) is 27.3 Å². The maximum atomic E-state index is 9.43. The van der Waals surface area contributed by atoms with Gasteiger partial charge in [0.25, 0.3) is 0 Å². The van der Waals surface area contributed by atoms with Crippen molar-refractivity contribution in [1.29, 1.82) is 5.26 Å². The maximum Gasteiger partial charge on any atom is 0.147 e. The van der Waals surface area contributed by atoms with Gasteiger partial charge in [0.05, 0.1) is 16.3 Å². The minimum absolute atomic E-state index is 0.596. The van der Waals surface area contributed by atoms with Gasteiger partial charge in [-0.15, -0.1) is 11.3 Å². The number of rotatable bonds is 1. The number of thiophene rings is 1. The fraction of sp³-hybridized carbons (Fsp3) is 0.333. The highest BCUT2D eigenvalue weighted by molar-refractivity contribution is 7.10. The van der Waals surface area contributed by atoms with Crippen LogP contribution >= 0.6 is 22.9 Å². The van der Waals surface area contributed by atoms with E-state index in [9.17, 15) is 5.26 Å². The van der Waals surface area contributed by atoms with Crippen LogP contribution in [-0.2, 0) is 13.0 Å². The largest absolute Gasteiger partial charge is 0.351 e. The Hall–Kier alpha value is -1.57. The van der Waals surface area contributed by atoms with Crippen LogP contribution < -0.4 is 4.90 Å². The van der Waals surface area contributed by atoms with Crippen LogP contribution in [0.5, 0.6) is 0 Å². The van der Waals surface area contributed by atoms with Crippen molar-refractivity contribution in [3.05, 3.63) is 43.7 Å². The number of hydrogen-bond donors (Lipinski definition) is 0. The molecule has 0 atom stereocenters. The van der Waals surface area contributed by atoms with Gasteiger partial charge in [0.15, 0.2) is 0 Å². The van der Waals surface area contributed by atoms with E-state index in [4.69, 9.17) is 11.6 Å². The van der Waals surface area contributed by atoms with Gasteiger partial charge >= 0.3 is 0 Å². The predicted molar refractivity (Wildman–Crippen MR) is 82.5 cm³/mol. The Bertz CT molecular complexity index is 715. The average molecular weight is 304 g/mol. The first-order chi connectivity index (χ1) is 9.61. The Morgan fingerprint density at radius 1 is 1.45 bits per heavy atom. The van der Waals surface area contributed by atoms with Crippen molar-refractivity contribution in [1.82, 2.24) is 4.98 Å². The van der Waals surface area contributed by atoms with Gasteiger partial charge in [-0.2, -0.15) is 5.26 Å². The number of aryl methyl sites for hydroxylation is 1. The lowest BCUT2D eigenvalue weighted by atomic mass is 10.1. The van der Waals surface area contributed by atoms with Crippen LogP contribution in [0.3, 0.4) is 0 Å². The van der Waals surface area contributed by atoms with E-state index in [-0.39, 0.29) is 0 Å².